The lowest BCUT2D eigenvalue weighted by Crippen LogP contribution is -2.04. The van der Waals surface area contributed by atoms with Crippen molar-refractivity contribution in [3.63, 3.8) is 0 Å². The first-order valence-corrected chi connectivity index (χ1v) is 6.91. The van der Waals surface area contributed by atoms with E-state index in [2.05, 4.69) is 31.9 Å². The molecule has 4 nitrogen and oxygen atoms in total. The number of halogens is 2. The molecule has 0 rings (SSSR count). The monoisotopic (exact) mass is 368 g/mol. The van der Waals surface area contributed by atoms with Crippen LogP contribution in [0.5, 0.6) is 0 Å². The van der Waals surface area contributed by atoms with Gasteiger partial charge in [-0.1, -0.05) is 31.9 Å². The first-order valence-electron chi connectivity index (χ1n) is 5.07. The van der Waals surface area contributed by atoms with Crippen LogP contribution in [0.15, 0.2) is 22.1 Å². The molecule has 96 valence electrons. The molecule has 0 amide bonds. The molecule has 0 atom stereocenters. The van der Waals surface area contributed by atoms with Crippen molar-refractivity contribution in [3.05, 3.63) is 22.1 Å². The molecule has 0 bridgehead atoms. The average molecular weight is 370 g/mol. The summed E-state index contributed by atoms with van der Waals surface area (Å²) in [6.07, 6.45) is 4.96. The van der Waals surface area contributed by atoms with E-state index in [4.69, 9.17) is 9.47 Å². The second-order valence-electron chi connectivity index (χ2n) is 2.98. The minimum Gasteiger partial charge on any atom is -0.463 e. The average Bonchev–Trinajstić information content (AvgIpc) is 2.28. The van der Waals surface area contributed by atoms with E-state index in [9.17, 15) is 9.59 Å². The molecule has 0 saturated heterocycles. The lowest BCUT2D eigenvalue weighted by atomic mass is 10.2. The van der Waals surface area contributed by atoms with Crippen molar-refractivity contribution in [3.8, 4) is 0 Å². The Morgan fingerprint density at radius 3 is 1.59 bits per heavy atom. The molecule has 0 aromatic heterocycles. The van der Waals surface area contributed by atoms with E-state index < -0.39 is 0 Å². The highest BCUT2D eigenvalue weighted by Crippen LogP contribution is 1.98. The molecular weight excluding hydrogens is 356 g/mol. The molecule has 0 spiro atoms. The maximum absolute atomic E-state index is 10.9. The summed E-state index contributed by atoms with van der Waals surface area (Å²) in [5.74, 6) is -0.730. The number of rotatable bonds is 8. The van der Waals surface area contributed by atoms with Gasteiger partial charge in [0.25, 0.3) is 0 Å². The molecule has 0 aliphatic rings. The third-order valence-corrected chi connectivity index (χ3v) is 2.20. The van der Waals surface area contributed by atoms with E-state index in [0.29, 0.717) is 13.2 Å². The van der Waals surface area contributed by atoms with Crippen molar-refractivity contribution in [2.24, 2.45) is 0 Å². The van der Waals surface area contributed by atoms with Gasteiger partial charge in [0, 0.05) is 12.2 Å². The lowest BCUT2D eigenvalue weighted by molar-refractivity contribution is -0.138. The molecule has 0 fully saturated rings. The number of carbonyl (C=O) groups is 2. The van der Waals surface area contributed by atoms with E-state index in [1.54, 1.807) is 0 Å². The summed E-state index contributed by atoms with van der Waals surface area (Å²) >= 11 is 5.96. The maximum atomic E-state index is 10.9. The van der Waals surface area contributed by atoms with E-state index in [0.717, 1.165) is 19.3 Å². The summed E-state index contributed by atoms with van der Waals surface area (Å²) in [6, 6.07) is 0. The Morgan fingerprint density at radius 2 is 1.24 bits per heavy atom. The van der Waals surface area contributed by atoms with Crippen LogP contribution in [0.25, 0.3) is 0 Å². The van der Waals surface area contributed by atoms with Crippen LogP contribution < -0.4 is 0 Å². The highest BCUT2D eigenvalue weighted by atomic mass is 79.9. The molecule has 0 unspecified atom stereocenters. The second-order valence-corrected chi connectivity index (χ2v) is 4.04. The van der Waals surface area contributed by atoms with Gasteiger partial charge in [0.05, 0.1) is 13.2 Å². The molecule has 0 N–H and O–H groups in total. The molecule has 17 heavy (non-hydrogen) atoms. The zero-order valence-corrected chi connectivity index (χ0v) is 12.4. The fourth-order valence-corrected chi connectivity index (χ4v) is 1.36. The van der Waals surface area contributed by atoms with Gasteiger partial charge in [0.2, 0.25) is 0 Å². The Bertz CT molecular complexity index is 259. The van der Waals surface area contributed by atoms with Crippen molar-refractivity contribution in [1.29, 1.82) is 0 Å². The van der Waals surface area contributed by atoms with Gasteiger partial charge < -0.3 is 9.47 Å². The highest BCUT2D eigenvalue weighted by molar-refractivity contribution is 9.11. The van der Waals surface area contributed by atoms with Gasteiger partial charge in [-0.25, -0.2) is 9.59 Å². The van der Waals surface area contributed by atoms with Crippen LogP contribution in [-0.2, 0) is 19.1 Å². The van der Waals surface area contributed by atoms with Crippen LogP contribution in [-0.4, -0.2) is 25.2 Å². The Hall–Kier alpha value is -0.620. The number of hydrogen-bond acceptors (Lipinski definition) is 4. The van der Waals surface area contributed by atoms with Crippen LogP contribution >= 0.6 is 31.9 Å². The van der Waals surface area contributed by atoms with Crippen LogP contribution in [0.4, 0.5) is 0 Å². The number of ether oxygens (including phenoxy) is 2. The van der Waals surface area contributed by atoms with E-state index >= 15 is 0 Å². The van der Waals surface area contributed by atoms with Crippen molar-refractivity contribution in [1.82, 2.24) is 0 Å². The minimum absolute atomic E-state index is 0.365. The largest absolute Gasteiger partial charge is 0.463 e. The van der Waals surface area contributed by atoms with E-state index in [-0.39, 0.29) is 11.9 Å². The lowest BCUT2D eigenvalue weighted by Gasteiger charge is -2.03. The van der Waals surface area contributed by atoms with Crippen molar-refractivity contribution >= 4 is 43.8 Å². The molecule has 0 aromatic rings. The molecule has 0 aromatic carbocycles. The summed E-state index contributed by atoms with van der Waals surface area (Å²) in [4.78, 5) is 24.6. The molecule has 6 heteroatoms. The number of hydrogen-bond donors (Lipinski definition) is 0. The van der Waals surface area contributed by atoms with Gasteiger partial charge in [-0.2, -0.15) is 0 Å². The van der Waals surface area contributed by atoms with Crippen molar-refractivity contribution in [2.45, 2.75) is 19.3 Å². The zero-order valence-electron chi connectivity index (χ0n) is 9.23. The fraction of sp³-hybridized carbons (Fsp3) is 0.455. The zero-order chi connectivity index (χ0) is 12.9. The summed E-state index contributed by atoms with van der Waals surface area (Å²) < 4.78 is 9.74. The van der Waals surface area contributed by atoms with Gasteiger partial charge in [-0.3, -0.25) is 0 Å². The highest BCUT2D eigenvalue weighted by Gasteiger charge is 1.98. The van der Waals surface area contributed by atoms with Crippen LogP contribution in [0, 0.1) is 0 Å². The molecule has 0 saturated carbocycles. The smallest absolute Gasteiger partial charge is 0.331 e. The Balaban J connectivity index is 3.30. The van der Waals surface area contributed by atoms with Crippen LogP contribution in [0.2, 0.25) is 0 Å². The van der Waals surface area contributed by atoms with Gasteiger partial charge >= 0.3 is 11.9 Å². The van der Waals surface area contributed by atoms with Gasteiger partial charge in [0.1, 0.15) is 0 Å². The van der Waals surface area contributed by atoms with E-state index in [1.165, 1.54) is 22.1 Å². The third-order valence-electron chi connectivity index (χ3n) is 1.68. The van der Waals surface area contributed by atoms with Crippen LogP contribution in [0.3, 0.4) is 0 Å². The first-order chi connectivity index (χ1) is 8.20. The number of unbranched alkanes of at least 4 members (excludes halogenated alkanes) is 2. The Morgan fingerprint density at radius 1 is 0.824 bits per heavy atom. The fourth-order valence-electron chi connectivity index (χ4n) is 0.926. The van der Waals surface area contributed by atoms with Gasteiger partial charge in [0.15, 0.2) is 0 Å². The molecular formula is C11H14Br2O4. The minimum atomic E-state index is -0.365. The van der Waals surface area contributed by atoms with E-state index in [1.807, 2.05) is 0 Å². The summed E-state index contributed by atoms with van der Waals surface area (Å²) in [7, 11) is 0. The summed E-state index contributed by atoms with van der Waals surface area (Å²) in [5.41, 5.74) is 0. The Labute approximate surface area is 117 Å². The first kappa shape index (κ1) is 16.4. The summed E-state index contributed by atoms with van der Waals surface area (Å²) in [5, 5.41) is 0. The topological polar surface area (TPSA) is 52.6 Å². The van der Waals surface area contributed by atoms with Gasteiger partial charge in [-0.15, -0.1) is 0 Å². The third kappa shape index (κ3) is 11.6. The van der Waals surface area contributed by atoms with Crippen molar-refractivity contribution in [2.75, 3.05) is 13.2 Å². The molecule has 0 heterocycles. The molecule has 0 radical (unpaired) electrons. The SMILES string of the molecule is O=C(/C=C\Br)OCCCCCOC(=O)/C=C\Br. The Kier molecular flexibility index (Phi) is 11.4. The van der Waals surface area contributed by atoms with Gasteiger partial charge in [-0.05, 0) is 29.2 Å². The quantitative estimate of drug-likeness (QED) is 0.375. The van der Waals surface area contributed by atoms with Crippen molar-refractivity contribution < 1.29 is 19.1 Å². The normalized spacial score (nSPS) is 10.9. The second kappa shape index (κ2) is 11.9. The predicted molar refractivity (Wildman–Crippen MR) is 71.9 cm³/mol. The standard InChI is InChI=1S/C11H14Br2O4/c12-6-4-10(14)16-8-2-1-3-9-17-11(15)5-7-13/h4-7H,1-3,8-9H2/b6-4-,7-5-. The predicted octanol–water partition coefficient (Wildman–Crippen LogP) is 3.06. The number of carbonyl (C=O) groups excluding carboxylic acids is 2. The van der Waals surface area contributed by atoms with Crippen LogP contribution in [0.1, 0.15) is 19.3 Å². The molecule has 0 aliphatic carbocycles. The molecule has 0 aliphatic heterocycles. The summed E-state index contributed by atoms with van der Waals surface area (Å²) in [6.45, 7) is 0.761. The maximum Gasteiger partial charge on any atom is 0.331 e. The number of esters is 2.